The minimum Gasteiger partial charge on any atom is -0.493 e. The maximum absolute atomic E-state index is 13.1. The molecule has 0 aromatic heterocycles. The van der Waals surface area contributed by atoms with Crippen molar-refractivity contribution in [3.63, 3.8) is 0 Å². The lowest BCUT2D eigenvalue weighted by Gasteiger charge is -2.33. The molecule has 1 saturated heterocycles. The van der Waals surface area contributed by atoms with Crippen LogP contribution in [-0.4, -0.2) is 50.2 Å². The minimum atomic E-state index is -0.458. The molecule has 6 nitrogen and oxygen atoms in total. The summed E-state index contributed by atoms with van der Waals surface area (Å²) in [6.07, 6.45) is 5.28. The zero-order valence-corrected chi connectivity index (χ0v) is 15.7. The first kappa shape index (κ1) is 18.5. The van der Waals surface area contributed by atoms with Crippen LogP contribution in [0, 0.1) is 5.92 Å². The topological polar surface area (TPSA) is 65.1 Å². The van der Waals surface area contributed by atoms with Gasteiger partial charge in [-0.15, -0.1) is 0 Å². The van der Waals surface area contributed by atoms with E-state index in [1.165, 1.54) is 13.5 Å². The van der Waals surface area contributed by atoms with Crippen LogP contribution in [0.3, 0.4) is 0 Å². The first-order chi connectivity index (χ1) is 12.6. The van der Waals surface area contributed by atoms with E-state index in [0.717, 1.165) is 31.2 Å². The van der Waals surface area contributed by atoms with E-state index in [0.29, 0.717) is 17.4 Å². The maximum Gasteiger partial charge on any atom is 0.328 e. The number of carbonyl (C=O) groups is 2. The van der Waals surface area contributed by atoms with Crippen LogP contribution in [-0.2, 0) is 20.7 Å². The molecule has 3 unspecified atom stereocenters. The lowest BCUT2D eigenvalue weighted by atomic mass is 9.84. The van der Waals surface area contributed by atoms with Gasteiger partial charge in [0.2, 0.25) is 5.91 Å². The molecule has 1 amide bonds. The zero-order chi connectivity index (χ0) is 18.7. The van der Waals surface area contributed by atoms with Crippen molar-refractivity contribution in [3.8, 4) is 11.5 Å². The van der Waals surface area contributed by atoms with Crippen molar-refractivity contribution >= 4 is 11.9 Å². The van der Waals surface area contributed by atoms with Gasteiger partial charge in [-0.25, -0.2) is 4.79 Å². The van der Waals surface area contributed by atoms with Gasteiger partial charge < -0.3 is 19.1 Å². The maximum atomic E-state index is 13.1. The number of ether oxygens (including phenoxy) is 3. The fraction of sp³-hybridized carbons (Fsp3) is 0.600. The third kappa shape index (κ3) is 3.50. The first-order valence-corrected chi connectivity index (χ1v) is 9.19. The zero-order valence-electron chi connectivity index (χ0n) is 15.7. The average Bonchev–Trinajstić information content (AvgIpc) is 3.06. The molecule has 0 spiro atoms. The molecule has 3 rings (SSSR count). The number of carbonyl (C=O) groups excluding carboxylic acids is 2. The highest BCUT2D eigenvalue weighted by molar-refractivity contribution is 5.87. The van der Waals surface area contributed by atoms with Gasteiger partial charge in [-0.2, -0.15) is 0 Å². The fourth-order valence-electron chi connectivity index (χ4n) is 4.42. The Bertz CT molecular complexity index is 674. The Morgan fingerprint density at radius 3 is 2.50 bits per heavy atom. The lowest BCUT2D eigenvalue weighted by molar-refractivity contribution is -0.152. The number of methoxy groups -OCH3 is 3. The number of hydrogen-bond donors (Lipinski definition) is 0. The second-order valence-electron chi connectivity index (χ2n) is 7.05. The molecule has 0 N–H and O–H groups in total. The van der Waals surface area contributed by atoms with E-state index in [1.54, 1.807) is 25.2 Å². The molecule has 1 saturated carbocycles. The molecule has 1 heterocycles. The van der Waals surface area contributed by atoms with Gasteiger partial charge in [-0.1, -0.05) is 18.9 Å². The standard InChI is InChI=1S/C20H27NO5/c1-24-17-9-8-13(10-18(17)25-2)11-19(22)21-15-7-5-4-6-14(15)12-16(21)20(23)26-3/h8-10,14-16H,4-7,11-12H2,1-3H3. The van der Waals surface area contributed by atoms with Crippen LogP contribution < -0.4 is 9.47 Å². The van der Waals surface area contributed by atoms with Crippen LogP contribution in [0.5, 0.6) is 11.5 Å². The van der Waals surface area contributed by atoms with Crippen molar-refractivity contribution < 1.29 is 23.8 Å². The quantitative estimate of drug-likeness (QED) is 0.754. The number of fused-ring (bicyclic) bond motifs is 1. The Morgan fingerprint density at radius 2 is 1.81 bits per heavy atom. The number of esters is 1. The van der Waals surface area contributed by atoms with E-state index in [2.05, 4.69) is 0 Å². The van der Waals surface area contributed by atoms with Gasteiger partial charge in [-0.05, 0) is 42.9 Å². The van der Waals surface area contributed by atoms with Gasteiger partial charge in [0, 0.05) is 6.04 Å². The second-order valence-corrected chi connectivity index (χ2v) is 7.05. The van der Waals surface area contributed by atoms with Crippen molar-refractivity contribution in [1.82, 2.24) is 4.90 Å². The number of benzene rings is 1. The molecule has 1 aromatic carbocycles. The Kier molecular flexibility index (Phi) is 5.69. The monoisotopic (exact) mass is 361 g/mol. The lowest BCUT2D eigenvalue weighted by Crippen LogP contribution is -2.47. The SMILES string of the molecule is COC(=O)C1CC2CCCCC2N1C(=O)Cc1ccc(OC)c(OC)c1. The molecule has 2 aliphatic rings. The molecular weight excluding hydrogens is 334 g/mol. The van der Waals surface area contributed by atoms with Crippen LogP contribution in [0.2, 0.25) is 0 Å². The van der Waals surface area contributed by atoms with Crippen molar-refractivity contribution in [2.75, 3.05) is 21.3 Å². The fourth-order valence-corrected chi connectivity index (χ4v) is 4.42. The molecule has 26 heavy (non-hydrogen) atoms. The average molecular weight is 361 g/mol. The summed E-state index contributed by atoms with van der Waals surface area (Å²) in [6.45, 7) is 0. The Labute approximate surface area is 154 Å². The van der Waals surface area contributed by atoms with Gasteiger partial charge in [0.1, 0.15) is 6.04 Å². The highest BCUT2D eigenvalue weighted by Crippen LogP contribution is 2.40. The third-order valence-corrected chi connectivity index (χ3v) is 5.65. The highest BCUT2D eigenvalue weighted by Gasteiger charge is 2.47. The molecule has 6 heteroatoms. The number of rotatable bonds is 5. The van der Waals surface area contributed by atoms with Gasteiger partial charge in [0.15, 0.2) is 11.5 Å². The highest BCUT2D eigenvalue weighted by atomic mass is 16.5. The van der Waals surface area contributed by atoms with Crippen LogP contribution in [0.15, 0.2) is 18.2 Å². The predicted octanol–water partition coefficient (Wildman–Crippen LogP) is 2.58. The molecule has 142 valence electrons. The van der Waals surface area contributed by atoms with Gasteiger partial charge >= 0.3 is 5.97 Å². The summed E-state index contributed by atoms with van der Waals surface area (Å²) < 4.78 is 15.5. The van der Waals surface area contributed by atoms with E-state index in [4.69, 9.17) is 14.2 Å². The van der Waals surface area contributed by atoms with Gasteiger partial charge in [0.05, 0.1) is 27.8 Å². The van der Waals surface area contributed by atoms with E-state index in [9.17, 15) is 9.59 Å². The van der Waals surface area contributed by atoms with Crippen LogP contribution >= 0.6 is 0 Å². The number of hydrogen-bond acceptors (Lipinski definition) is 5. The summed E-state index contributed by atoms with van der Waals surface area (Å²) in [5, 5.41) is 0. The van der Waals surface area contributed by atoms with E-state index >= 15 is 0 Å². The molecule has 1 aliphatic heterocycles. The Hall–Kier alpha value is -2.24. The minimum absolute atomic E-state index is 0.0259. The first-order valence-electron chi connectivity index (χ1n) is 9.19. The van der Waals surface area contributed by atoms with Crippen molar-refractivity contribution in [2.45, 2.75) is 50.6 Å². The molecule has 1 aromatic rings. The summed E-state index contributed by atoms with van der Waals surface area (Å²) in [5.74, 6) is 1.30. The van der Waals surface area contributed by atoms with Crippen LogP contribution in [0.1, 0.15) is 37.7 Å². The molecule has 0 radical (unpaired) electrons. The molecule has 2 fully saturated rings. The van der Waals surface area contributed by atoms with Crippen LogP contribution in [0.25, 0.3) is 0 Å². The van der Waals surface area contributed by atoms with Crippen molar-refractivity contribution in [1.29, 1.82) is 0 Å². The molecule has 3 atom stereocenters. The predicted molar refractivity (Wildman–Crippen MR) is 96.3 cm³/mol. The summed E-state index contributed by atoms with van der Waals surface area (Å²) in [7, 11) is 4.54. The summed E-state index contributed by atoms with van der Waals surface area (Å²) in [5.41, 5.74) is 0.843. The van der Waals surface area contributed by atoms with E-state index in [-0.39, 0.29) is 24.3 Å². The Balaban J connectivity index is 1.81. The van der Waals surface area contributed by atoms with Crippen molar-refractivity contribution in [2.24, 2.45) is 5.92 Å². The van der Waals surface area contributed by atoms with E-state index in [1.807, 2.05) is 12.1 Å². The summed E-state index contributed by atoms with van der Waals surface area (Å²) in [6, 6.07) is 5.17. The van der Waals surface area contributed by atoms with Gasteiger partial charge in [-0.3, -0.25) is 4.79 Å². The second kappa shape index (κ2) is 7.98. The van der Waals surface area contributed by atoms with Crippen LogP contribution in [0.4, 0.5) is 0 Å². The molecule has 1 aliphatic carbocycles. The summed E-state index contributed by atoms with van der Waals surface area (Å²) in [4.78, 5) is 27.2. The normalized spacial score (nSPS) is 24.7. The van der Waals surface area contributed by atoms with E-state index < -0.39 is 6.04 Å². The third-order valence-electron chi connectivity index (χ3n) is 5.65. The number of likely N-dealkylation sites (tertiary alicyclic amines) is 1. The van der Waals surface area contributed by atoms with Crippen molar-refractivity contribution in [3.05, 3.63) is 23.8 Å². The Morgan fingerprint density at radius 1 is 1.08 bits per heavy atom. The number of nitrogens with zero attached hydrogens (tertiary/aromatic N) is 1. The number of amides is 1. The smallest absolute Gasteiger partial charge is 0.328 e. The molecular formula is C20H27NO5. The molecule has 0 bridgehead atoms. The summed E-state index contributed by atoms with van der Waals surface area (Å²) >= 11 is 0. The van der Waals surface area contributed by atoms with Gasteiger partial charge in [0.25, 0.3) is 0 Å². The largest absolute Gasteiger partial charge is 0.493 e.